The first-order chi connectivity index (χ1) is 4.36. The van der Waals surface area contributed by atoms with Gasteiger partial charge < -0.3 is 4.84 Å². The Bertz CT molecular complexity index is 190. The molecule has 3 nitrogen and oxygen atoms in total. The molecule has 0 aromatic heterocycles. The first kappa shape index (κ1) is 5.83. The summed E-state index contributed by atoms with van der Waals surface area (Å²) in [5.41, 5.74) is 0.444. The number of nitriles is 1. The minimum absolute atomic E-state index is 0.0837. The van der Waals surface area contributed by atoms with E-state index in [0.29, 0.717) is 12.1 Å². The zero-order valence-corrected chi connectivity index (χ0v) is 4.87. The Morgan fingerprint density at radius 1 is 2.00 bits per heavy atom. The van der Waals surface area contributed by atoms with Crippen molar-refractivity contribution in [3.05, 3.63) is 12.7 Å². The van der Waals surface area contributed by atoms with E-state index in [-0.39, 0.29) is 6.10 Å². The predicted molar refractivity (Wildman–Crippen MR) is 32.7 cm³/mol. The molecule has 0 aromatic carbocycles. The monoisotopic (exact) mass is 122 g/mol. The lowest BCUT2D eigenvalue weighted by Gasteiger charge is -1.95. The summed E-state index contributed by atoms with van der Waals surface area (Å²) in [6.07, 6.45) is 2.12. The Hall–Kier alpha value is -1.30. The third-order valence-electron chi connectivity index (χ3n) is 1.08. The number of hydrogen-bond acceptors (Lipinski definition) is 3. The van der Waals surface area contributed by atoms with Crippen molar-refractivity contribution in [2.75, 3.05) is 0 Å². The lowest BCUT2D eigenvalue weighted by atomic mass is 10.2. The smallest absolute Gasteiger partial charge is 0.161 e. The highest BCUT2D eigenvalue weighted by Crippen LogP contribution is 2.09. The van der Waals surface area contributed by atoms with Crippen LogP contribution in [-0.4, -0.2) is 11.8 Å². The maximum absolute atomic E-state index is 8.28. The molecule has 46 valence electrons. The van der Waals surface area contributed by atoms with Gasteiger partial charge in [-0.15, -0.1) is 0 Å². The Morgan fingerprint density at radius 3 is 3.11 bits per heavy atom. The van der Waals surface area contributed by atoms with Crippen LogP contribution in [0.2, 0.25) is 0 Å². The molecular formula is C6H6N2O. The van der Waals surface area contributed by atoms with E-state index < -0.39 is 0 Å². The fourth-order valence-corrected chi connectivity index (χ4v) is 0.589. The lowest BCUT2D eigenvalue weighted by Crippen LogP contribution is -2.01. The van der Waals surface area contributed by atoms with Crippen molar-refractivity contribution in [3.63, 3.8) is 0 Å². The zero-order chi connectivity index (χ0) is 6.69. The first-order valence-corrected chi connectivity index (χ1v) is 2.62. The highest BCUT2D eigenvalue weighted by molar-refractivity contribution is 5.99. The van der Waals surface area contributed by atoms with Crippen LogP contribution in [0, 0.1) is 11.3 Å². The summed E-state index contributed by atoms with van der Waals surface area (Å²) in [7, 11) is 0. The molecule has 9 heavy (non-hydrogen) atoms. The van der Waals surface area contributed by atoms with Crippen LogP contribution >= 0.6 is 0 Å². The Morgan fingerprint density at radius 2 is 2.78 bits per heavy atom. The van der Waals surface area contributed by atoms with E-state index in [9.17, 15) is 0 Å². The van der Waals surface area contributed by atoms with E-state index >= 15 is 0 Å². The standard InChI is InChI=1S/C6H6N2O/c1-2-6-3-5(4-7)8-9-6/h2,6H,1,3H2. The summed E-state index contributed by atoms with van der Waals surface area (Å²) in [5, 5.41) is 11.8. The molecule has 0 fully saturated rings. The minimum atomic E-state index is -0.0837. The quantitative estimate of drug-likeness (QED) is 0.484. The molecule has 0 spiro atoms. The Labute approximate surface area is 53.2 Å². The Balaban J connectivity index is 2.51. The SMILES string of the molecule is C=CC1CC(C#N)=NO1. The molecule has 1 aliphatic rings. The fraction of sp³-hybridized carbons (Fsp3) is 0.333. The second-order valence-electron chi connectivity index (χ2n) is 1.73. The zero-order valence-electron chi connectivity index (χ0n) is 4.87. The molecule has 1 heterocycles. The van der Waals surface area contributed by atoms with Crippen molar-refractivity contribution >= 4 is 5.71 Å². The highest BCUT2D eigenvalue weighted by atomic mass is 16.6. The molecule has 1 atom stereocenters. The van der Waals surface area contributed by atoms with Crippen LogP contribution in [0.15, 0.2) is 17.8 Å². The van der Waals surface area contributed by atoms with E-state index in [2.05, 4.69) is 11.7 Å². The average Bonchev–Trinajstić information content (AvgIpc) is 2.34. The van der Waals surface area contributed by atoms with Crippen molar-refractivity contribution in [2.24, 2.45) is 5.16 Å². The van der Waals surface area contributed by atoms with Crippen LogP contribution in [0.5, 0.6) is 0 Å². The molecule has 1 rings (SSSR count). The molecule has 0 amide bonds. The van der Waals surface area contributed by atoms with E-state index in [4.69, 9.17) is 10.1 Å². The molecule has 0 bridgehead atoms. The van der Waals surface area contributed by atoms with Crippen LogP contribution in [0.3, 0.4) is 0 Å². The lowest BCUT2D eigenvalue weighted by molar-refractivity contribution is 0.120. The van der Waals surface area contributed by atoms with Crippen LogP contribution in [0.4, 0.5) is 0 Å². The molecule has 0 saturated heterocycles. The van der Waals surface area contributed by atoms with Gasteiger partial charge in [0.25, 0.3) is 0 Å². The van der Waals surface area contributed by atoms with Crippen molar-refractivity contribution in [1.82, 2.24) is 0 Å². The first-order valence-electron chi connectivity index (χ1n) is 2.62. The summed E-state index contributed by atoms with van der Waals surface area (Å²) in [4.78, 5) is 4.75. The van der Waals surface area contributed by atoms with Gasteiger partial charge in [-0.3, -0.25) is 0 Å². The molecule has 3 heteroatoms. The molecule has 0 N–H and O–H groups in total. The van der Waals surface area contributed by atoms with E-state index in [1.165, 1.54) is 0 Å². The van der Waals surface area contributed by atoms with Gasteiger partial charge in [0.1, 0.15) is 6.07 Å². The van der Waals surface area contributed by atoms with Gasteiger partial charge >= 0.3 is 0 Å². The van der Waals surface area contributed by atoms with Gasteiger partial charge in [-0.25, -0.2) is 0 Å². The molecule has 0 aliphatic carbocycles. The van der Waals surface area contributed by atoms with Crippen molar-refractivity contribution < 1.29 is 4.84 Å². The van der Waals surface area contributed by atoms with Gasteiger partial charge in [0.05, 0.1) is 0 Å². The second kappa shape index (κ2) is 2.31. The van der Waals surface area contributed by atoms with E-state index in [0.717, 1.165) is 0 Å². The van der Waals surface area contributed by atoms with Crippen molar-refractivity contribution in [3.8, 4) is 6.07 Å². The minimum Gasteiger partial charge on any atom is -0.387 e. The average molecular weight is 122 g/mol. The van der Waals surface area contributed by atoms with Gasteiger partial charge in [0.15, 0.2) is 11.8 Å². The van der Waals surface area contributed by atoms with Crippen molar-refractivity contribution in [1.29, 1.82) is 5.26 Å². The number of rotatable bonds is 1. The van der Waals surface area contributed by atoms with Crippen LogP contribution in [0.25, 0.3) is 0 Å². The Kier molecular flexibility index (Phi) is 1.50. The maximum atomic E-state index is 8.28. The fourth-order valence-electron chi connectivity index (χ4n) is 0.589. The van der Waals surface area contributed by atoms with Gasteiger partial charge in [0, 0.05) is 6.42 Å². The molecule has 0 radical (unpaired) electrons. The normalized spacial score (nSPS) is 23.9. The number of oxime groups is 1. The van der Waals surface area contributed by atoms with Gasteiger partial charge in [0.2, 0.25) is 0 Å². The summed E-state index contributed by atoms with van der Waals surface area (Å²) < 4.78 is 0. The van der Waals surface area contributed by atoms with Gasteiger partial charge in [-0.05, 0) is 6.08 Å². The molecule has 0 aromatic rings. The number of nitrogens with zero attached hydrogens (tertiary/aromatic N) is 2. The third kappa shape index (κ3) is 1.08. The second-order valence-corrected chi connectivity index (χ2v) is 1.73. The van der Waals surface area contributed by atoms with E-state index in [1.807, 2.05) is 6.07 Å². The maximum Gasteiger partial charge on any atom is 0.161 e. The van der Waals surface area contributed by atoms with Crippen molar-refractivity contribution in [2.45, 2.75) is 12.5 Å². The topological polar surface area (TPSA) is 45.4 Å². The van der Waals surface area contributed by atoms with E-state index in [1.54, 1.807) is 6.08 Å². The molecular weight excluding hydrogens is 116 g/mol. The van der Waals surface area contributed by atoms with Gasteiger partial charge in [-0.1, -0.05) is 11.7 Å². The molecule has 0 saturated carbocycles. The van der Waals surface area contributed by atoms with Gasteiger partial charge in [-0.2, -0.15) is 5.26 Å². The van der Waals surface area contributed by atoms with Crippen LogP contribution in [-0.2, 0) is 4.84 Å². The molecule has 1 aliphatic heterocycles. The summed E-state index contributed by atoms with van der Waals surface area (Å²) in [6, 6.07) is 1.91. The molecule has 1 unspecified atom stereocenters. The van der Waals surface area contributed by atoms with Crippen LogP contribution in [0.1, 0.15) is 6.42 Å². The summed E-state index contributed by atoms with van der Waals surface area (Å²) in [5.74, 6) is 0. The van der Waals surface area contributed by atoms with Crippen LogP contribution < -0.4 is 0 Å². The number of hydrogen-bond donors (Lipinski definition) is 0. The summed E-state index contributed by atoms with van der Waals surface area (Å²) >= 11 is 0. The summed E-state index contributed by atoms with van der Waals surface area (Å²) in [6.45, 7) is 3.50. The highest BCUT2D eigenvalue weighted by Gasteiger charge is 2.16. The predicted octanol–water partition coefficient (Wildman–Crippen LogP) is 0.841. The third-order valence-corrected chi connectivity index (χ3v) is 1.08. The largest absolute Gasteiger partial charge is 0.387 e.